The largest absolute Gasteiger partial charge is 0.481 e. The maximum Gasteiger partial charge on any atom is 0.307 e. The average Bonchev–Trinajstić information content (AvgIpc) is 2.78. The summed E-state index contributed by atoms with van der Waals surface area (Å²) in [5.74, 6) is -1.59. The van der Waals surface area contributed by atoms with Gasteiger partial charge >= 0.3 is 5.97 Å². The molecule has 1 fully saturated rings. The van der Waals surface area contributed by atoms with E-state index in [4.69, 9.17) is 9.84 Å². The second-order valence-electron chi connectivity index (χ2n) is 5.71. The van der Waals surface area contributed by atoms with E-state index in [1.165, 1.54) is 0 Å². The molecule has 0 spiro atoms. The Kier molecular flexibility index (Phi) is 6.95. The summed E-state index contributed by atoms with van der Waals surface area (Å²) in [6.07, 6.45) is 1.27. The Morgan fingerprint density at radius 1 is 1.30 bits per heavy atom. The van der Waals surface area contributed by atoms with Crippen molar-refractivity contribution in [3.8, 4) is 0 Å². The SMILES string of the molecule is COCCN(C)CCNC(=O)C1CC(C)CC1C(=O)O. The number of ether oxygens (including phenoxy) is 1. The fourth-order valence-corrected chi connectivity index (χ4v) is 2.71. The zero-order valence-electron chi connectivity index (χ0n) is 12.6. The molecule has 1 amide bonds. The maximum absolute atomic E-state index is 12.1. The monoisotopic (exact) mass is 286 g/mol. The molecule has 0 heterocycles. The minimum Gasteiger partial charge on any atom is -0.481 e. The summed E-state index contributed by atoms with van der Waals surface area (Å²) in [4.78, 5) is 25.3. The predicted molar refractivity (Wildman–Crippen MR) is 75.4 cm³/mol. The van der Waals surface area contributed by atoms with Gasteiger partial charge in [0.2, 0.25) is 5.91 Å². The Hall–Kier alpha value is -1.14. The number of amides is 1. The number of carboxylic acid groups (broad SMARTS) is 1. The lowest BCUT2D eigenvalue weighted by Crippen LogP contribution is -2.39. The van der Waals surface area contributed by atoms with E-state index in [-0.39, 0.29) is 11.8 Å². The molecule has 116 valence electrons. The molecule has 1 saturated carbocycles. The number of nitrogens with zero attached hydrogens (tertiary/aromatic N) is 1. The molecule has 6 nitrogen and oxygen atoms in total. The smallest absolute Gasteiger partial charge is 0.307 e. The molecule has 0 aromatic carbocycles. The van der Waals surface area contributed by atoms with Gasteiger partial charge in [0.1, 0.15) is 0 Å². The van der Waals surface area contributed by atoms with Crippen molar-refractivity contribution in [2.75, 3.05) is 40.4 Å². The second-order valence-corrected chi connectivity index (χ2v) is 5.71. The van der Waals surface area contributed by atoms with Gasteiger partial charge in [0.05, 0.1) is 18.4 Å². The highest BCUT2D eigenvalue weighted by Gasteiger charge is 2.40. The maximum atomic E-state index is 12.1. The minimum absolute atomic E-state index is 0.123. The first-order chi connectivity index (χ1) is 9.45. The van der Waals surface area contributed by atoms with Gasteiger partial charge in [-0.05, 0) is 25.8 Å². The van der Waals surface area contributed by atoms with Gasteiger partial charge in [0.15, 0.2) is 0 Å². The number of rotatable bonds is 8. The number of methoxy groups -OCH3 is 1. The first kappa shape index (κ1) is 16.9. The van der Waals surface area contributed by atoms with Crippen molar-refractivity contribution >= 4 is 11.9 Å². The first-order valence-corrected chi connectivity index (χ1v) is 7.13. The molecule has 0 aliphatic heterocycles. The summed E-state index contributed by atoms with van der Waals surface area (Å²) in [5.41, 5.74) is 0. The van der Waals surface area contributed by atoms with Crippen molar-refractivity contribution in [2.45, 2.75) is 19.8 Å². The Labute approximate surface area is 120 Å². The van der Waals surface area contributed by atoms with E-state index in [0.717, 1.165) is 13.1 Å². The van der Waals surface area contributed by atoms with Gasteiger partial charge in [-0.1, -0.05) is 6.92 Å². The molecular weight excluding hydrogens is 260 g/mol. The summed E-state index contributed by atoms with van der Waals surface area (Å²) in [6.45, 7) is 4.74. The first-order valence-electron chi connectivity index (χ1n) is 7.13. The molecule has 0 aromatic heterocycles. The molecule has 20 heavy (non-hydrogen) atoms. The molecule has 6 heteroatoms. The van der Waals surface area contributed by atoms with Gasteiger partial charge in [-0.25, -0.2) is 0 Å². The van der Waals surface area contributed by atoms with Crippen LogP contribution in [0.4, 0.5) is 0 Å². The van der Waals surface area contributed by atoms with E-state index in [1.807, 2.05) is 14.0 Å². The van der Waals surface area contributed by atoms with E-state index in [1.54, 1.807) is 7.11 Å². The van der Waals surface area contributed by atoms with Crippen molar-refractivity contribution in [3.63, 3.8) is 0 Å². The van der Waals surface area contributed by atoms with E-state index in [0.29, 0.717) is 31.9 Å². The fraction of sp³-hybridized carbons (Fsp3) is 0.857. The molecule has 0 bridgehead atoms. The Morgan fingerprint density at radius 3 is 2.55 bits per heavy atom. The highest BCUT2D eigenvalue weighted by Crippen LogP contribution is 2.36. The van der Waals surface area contributed by atoms with Crippen LogP contribution in [0.1, 0.15) is 19.8 Å². The van der Waals surface area contributed by atoms with Crippen LogP contribution in [0.3, 0.4) is 0 Å². The Morgan fingerprint density at radius 2 is 1.95 bits per heavy atom. The summed E-state index contributed by atoms with van der Waals surface area (Å²) in [6, 6.07) is 0. The van der Waals surface area contributed by atoms with Crippen molar-refractivity contribution in [3.05, 3.63) is 0 Å². The van der Waals surface area contributed by atoms with Gasteiger partial charge in [0, 0.05) is 26.7 Å². The molecule has 1 rings (SSSR count). The number of likely N-dealkylation sites (N-methyl/N-ethyl adjacent to an activating group) is 1. The summed E-state index contributed by atoms with van der Waals surface area (Å²) in [5, 5.41) is 12.0. The Balaban J connectivity index is 2.33. The lowest BCUT2D eigenvalue weighted by Gasteiger charge is -2.19. The molecule has 0 saturated heterocycles. The van der Waals surface area contributed by atoms with Crippen molar-refractivity contribution in [1.29, 1.82) is 0 Å². The minimum atomic E-state index is -0.855. The normalized spacial score (nSPS) is 25.9. The third-order valence-corrected chi connectivity index (χ3v) is 3.92. The van der Waals surface area contributed by atoms with Crippen LogP contribution in [0, 0.1) is 17.8 Å². The van der Waals surface area contributed by atoms with Gasteiger partial charge < -0.3 is 20.1 Å². The number of carbonyl (C=O) groups excluding carboxylic acids is 1. The van der Waals surface area contributed by atoms with Crippen LogP contribution < -0.4 is 5.32 Å². The molecule has 1 aliphatic carbocycles. The topological polar surface area (TPSA) is 78.9 Å². The fourth-order valence-electron chi connectivity index (χ4n) is 2.71. The zero-order valence-corrected chi connectivity index (χ0v) is 12.6. The van der Waals surface area contributed by atoms with Crippen LogP contribution in [-0.2, 0) is 14.3 Å². The number of hydrogen-bond acceptors (Lipinski definition) is 4. The van der Waals surface area contributed by atoms with Gasteiger partial charge in [-0.3, -0.25) is 9.59 Å². The third-order valence-electron chi connectivity index (χ3n) is 3.92. The summed E-state index contributed by atoms with van der Waals surface area (Å²) in [7, 11) is 3.62. The second kappa shape index (κ2) is 8.21. The average molecular weight is 286 g/mol. The quantitative estimate of drug-likeness (QED) is 0.676. The lowest BCUT2D eigenvalue weighted by molar-refractivity contribution is -0.146. The van der Waals surface area contributed by atoms with Crippen molar-refractivity contribution in [1.82, 2.24) is 10.2 Å². The third kappa shape index (κ3) is 5.09. The highest BCUT2D eigenvalue weighted by molar-refractivity contribution is 5.85. The molecule has 0 radical (unpaired) electrons. The van der Waals surface area contributed by atoms with Gasteiger partial charge in [-0.2, -0.15) is 0 Å². The molecule has 0 aromatic rings. The van der Waals surface area contributed by atoms with Gasteiger partial charge in [-0.15, -0.1) is 0 Å². The standard InChI is InChI=1S/C14H26N2O4/c1-10-8-11(12(9-10)14(18)19)13(17)15-4-5-16(2)6-7-20-3/h10-12H,4-9H2,1-3H3,(H,15,17)(H,18,19). The van der Waals surface area contributed by atoms with Crippen LogP contribution in [-0.4, -0.2) is 62.3 Å². The number of aliphatic carboxylic acids is 1. The van der Waals surface area contributed by atoms with Crippen LogP contribution in [0.15, 0.2) is 0 Å². The van der Waals surface area contributed by atoms with E-state index >= 15 is 0 Å². The Bertz CT molecular complexity index is 335. The molecular formula is C14H26N2O4. The van der Waals surface area contributed by atoms with E-state index in [2.05, 4.69) is 10.2 Å². The number of hydrogen-bond donors (Lipinski definition) is 2. The van der Waals surface area contributed by atoms with Crippen molar-refractivity contribution < 1.29 is 19.4 Å². The molecule has 3 atom stereocenters. The number of nitrogens with one attached hydrogen (secondary N) is 1. The number of carboxylic acids is 1. The zero-order chi connectivity index (χ0) is 15.1. The predicted octanol–water partition coefficient (Wildman–Crippen LogP) is 0.428. The number of carbonyl (C=O) groups is 2. The van der Waals surface area contributed by atoms with Crippen LogP contribution >= 0.6 is 0 Å². The van der Waals surface area contributed by atoms with E-state index < -0.39 is 11.9 Å². The summed E-state index contributed by atoms with van der Waals surface area (Å²) >= 11 is 0. The lowest BCUT2D eigenvalue weighted by atomic mass is 9.95. The van der Waals surface area contributed by atoms with E-state index in [9.17, 15) is 9.59 Å². The van der Waals surface area contributed by atoms with Crippen LogP contribution in [0.5, 0.6) is 0 Å². The van der Waals surface area contributed by atoms with Crippen molar-refractivity contribution in [2.24, 2.45) is 17.8 Å². The van der Waals surface area contributed by atoms with Crippen LogP contribution in [0.2, 0.25) is 0 Å². The van der Waals surface area contributed by atoms with Gasteiger partial charge in [0.25, 0.3) is 0 Å². The highest BCUT2D eigenvalue weighted by atomic mass is 16.5. The molecule has 1 aliphatic rings. The molecule has 2 N–H and O–H groups in total. The molecule has 3 unspecified atom stereocenters. The summed E-state index contributed by atoms with van der Waals surface area (Å²) < 4.78 is 4.98. The van der Waals surface area contributed by atoms with Crippen LogP contribution in [0.25, 0.3) is 0 Å².